The van der Waals surface area contributed by atoms with E-state index in [4.69, 9.17) is 9.97 Å². The average Bonchev–Trinajstić information content (AvgIpc) is 3.26. The number of hydrogen-bond donors (Lipinski definition) is 0. The summed E-state index contributed by atoms with van der Waals surface area (Å²) in [6.07, 6.45) is 3.78. The van der Waals surface area contributed by atoms with Crippen molar-refractivity contribution >= 4 is 66.4 Å². The third-order valence-electron chi connectivity index (χ3n) is 11.4. The van der Waals surface area contributed by atoms with Crippen molar-refractivity contribution in [3.63, 3.8) is 0 Å². The first-order valence-electron chi connectivity index (χ1n) is 19.9. The zero-order valence-corrected chi connectivity index (χ0v) is 33.1. The topological polar surface area (TPSA) is 32.3 Å². The summed E-state index contributed by atoms with van der Waals surface area (Å²) in [5.74, 6) is 0. The molecule has 2 heterocycles. The number of anilines is 6. The number of aryl methyl sites for hydroxylation is 4. The fraction of sp³-hybridized carbons (Fsp3) is 0.0741. The molecule has 0 radical (unpaired) electrons. The van der Waals surface area contributed by atoms with Gasteiger partial charge in [0, 0.05) is 67.8 Å². The minimum Gasteiger partial charge on any atom is -0.310 e. The molecule has 278 valence electrons. The minimum atomic E-state index is 0.931. The van der Waals surface area contributed by atoms with E-state index < -0.39 is 0 Å². The molecular weight excluding hydrogens is 705 g/mol. The second-order valence-electron chi connectivity index (χ2n) is 15.4. The first kappa shape index (κ1) is 35.1. The lowest BCUT2D eigenvalue weighted by molar-refractivity contribution is 1.27. The molecule has 0 N–H and O–H groups in total. The first-order chi connectivity index (χ1) is 28.4. The van der Waals surface area contributed by atoms with Gasteiger partial charge in [-0.25, -0.2) is 0 Å². The van der Waals surface area contributed by atoms with Crippen molar-refractivity contribution in [2.45, 2.75) is 27.7 Å². The smallest absolute Gasteiger partial charge is 0.0708 e. The fourth-order valence-corrected chi connectivity index (χ4v) is 8.42. The lowest BCUT2D eigenvalue weighted by Crippen LogP contribution is -2.12. The molecule has 0 spiro atoms. The zero-order valence-electron chi connectivity index (χ0n) is 33.1. The molecule has 2 aromatic heterocycles. The first-order valence-corrected chi connectivity index (χ1v) is 19.9. The molecule has 0 saturated heterocycles. The molecule has 10 aromatic rings. The maximum Gasteiger partial charge on any atom is 0.0708 e. The van der Waals surface area contributed by atoms with E-state index in [-0.39, 0.29) is 0 Å². The Kier molecular flexibility index (Phi) is 8.68. The van der Waals surface area contributed by atoms with Crippen LogP contribution in [0.2, 0.25) is 0 Å². The van der Waals surface area contributed by atoms with E-state index in [9.17, 15) is 0 Å². The molecule has 10 rings (SSSR count). The summed E-state index contributed by atoms with van der Waals surface area (Å²) in [7, 11) is 0. The highest BCUT2D eigenvalue weighted by molar-refractivity contribution is 6.32. The van der Waals surface area contributed by atoms with Gasteiger partial charge in [0.05, 0.1) is 22.8 Å². The van der Waals surface area contributed by atoms with Crippen LogP contribution in [0.1, 0.15) is 22.3 Å². The molecular formula is C54H42N4. The van der Waals surface area contributed by atoms with Gasteiger partial charge in [-0.1, -0.05) is 107 Å². The Morgan fingerprint density at radius 2 is 0.638 bits per heavy atom. The quantitative estimate of drug-likeness (QED) is 0.145. The number of nitrogens with zero attached hydrogens (tertiary/aromatic N) is 4. The summed E-state index contributed by atoms with van der Waals surface area (Å²) in [5, 5.41) is 7.04. The predicted molar refractivity (Wildman–Crippen MR) is 245 cm³/mol. The highest BCUT2D eigenvalue weighted by Gasteiger charge is 2.26. The van der Waals surface area contributed by atoms with Gasteiger partial charge in [-0.2, -0.15) is 0 Å². The molecule has 0 fully saturated rings. The maximum atomic E-state index is 4.97. The van der Waals surface area contributed by atoms with Crippen LogP contribution in [0.5, 0.6) is 0 Å². The molecule has 8 aromatic carbocycles. The second kappa shape index (κ2) is 14.3. The lowest BCUT2D eigenvalue weighted by Gasteiger charge is -2.31. The third kappa shape index (κ3) is 6.11. The van der Waals surface area contributed by atoms with E-state index in [2.05, 4.69) is 195 Å². The van der Waals surface area contributed by atoms with Crippen molar-refractivity contribution in [1.29, 1.82) is 0 Å². The number of pyridine rings is 2. The second-order valence-corrected chi connectivity index (χ2v) is 15.4. The van der Waals surface area contributed by atoms with E-state index in [0.717, 1.165) is 78.2 Å². The Bertz CT molecular complexity index is 2740. The van der Waals surface area contributed by atoms with E-state index in [1.54, 1.807) is 0 Å². The van der Waals surface area contributed by atoms with Crippen molar-refractivity contribution in [2.75, 3.05) is 9.80 Å². The van der Waals surface area contributed by atoms with E-state index in [0.29, 0.717) is 0 Å². The van der Waals surface area contributed by atoms with Crippen molar-refractivity contribution in [3.8, 4) is 22.5 Å². The summed E-state index contributed by atoms with van der Waals surface area (Å²) in [5.41, 5.74) is 15.5. The summed E-state index contributed by atoms with van der Waals surface area (Å²) >= 11 is 0. The molecule has 0 aliphatic rings. The van der Waals surface area contributed by atoms with Gasteiger partial charge < -0.3 is 9.80 Å². The number of benzene rings is 8. The van der Waals surface area contributed by atoms with Crippen LogP contribution in [0.25, 0.3) is 54.8 Å². The molecule has 0 bridgehead atoms. The van der Waals surface area contributed by atoms with Gasteiger partial charge in [-0.3, -0.25) is 9.97 Å². The minimum absolute atomic E-state index is 0.931. The monoisotopic (exact) mass is 746 g/mol. The van der Waals surface area contributed by atoms with Crippen LogP contribution in [0, 0.1) is 27.7 Å². The van der Waals surface area contributed by atoms with Crippen LogP contribution >= 0.6 is 0 Å². The molecule has 0 saturated carbocycles. The third-order valence-corrected chi connectivity index (χ3v) is 11.4. The number of rotatable bonds is 8. The lowest BCUT2D eigenvalue weighted by atomic mass is 9.86. The van der Waals surface area contributed by atoms with Gasteiger partial charge in [-0.15, -0.1) is 0 Å². The molecule has 58 heavy (non-hydrogen) atoms. The summed E-state index contributed by atoms with van der Waals surface area (Å²) in [4.78, 5) is 14.7. The highest BCUT2D eigenvalue weighted by atomic mass is 15.1. The van der Waals surface area contributed by atoms with Gasteiger partial charge in [0.2, 0.25) is 0 Å². The summed E-state index contributed by atoms with van der Waals surface area (Å²) in [6.45, 7) is 8.57. The van der Waals surface area contributed by atoms with Crippen molar-refractivity contribution < 1.29 is 0 Å². The summed E-state index contributed by atoms with van der Waals surface area (Å²) < 4.78 is 0. The Morgan fingerprint density at radius 1 is 0.328 bits per heavy atom. The van der Waals surface area contributed by atoms with Crippen LogP contribution in [-0.4, -0.2) is 9.97 Å². The molecule has 4 nitrogen and oxygen atoms in total. The Morgan fingerprint density at radius 3 is 0.931 bits per heavy atom. The molecule has 0 aliphatic carbocycles. The molecule has 0 unspecified atom stereocenters. The molecule has 4 heteroatoms. The van der Waals surface area contributed by atoms with E-state index in [1.165, 1.54) is 33.0 Å². The van der Waals surface area contributed by atoms with E-state index in [1.807, 2.05) is 24.5 Å². The normalized spacial score (nSPS) is 11.4. The van der Waals surface area contributed by atoms with Crippen LogP contribution in [0.15, 0.2) is 182 Å². The van der Waals surface area contributed by atoms with Crippen molar-refractivity contribution in [1.82, 2.24) is 9.97 Å². The van der Waals surface area contributed by atoms with Crippen molar-refractivity contribution in [2.24, 2.45) is 0 Å². The predicted octanol–water partition coefficient (Wildman–Crippen LogP) is 14.9. The summed E-state index contributed by atoms with van der Waals surface area (Å²) in [6, 6.07) is 61.7. The average molecular weight is 747 g/mol. The molecule has 0 atom stereocenters. The number of hydrogen-bond acceptors (Lipinski definition) is 4. The van der Waals surface area contributed by atoms with Crippen LogP contribution in [0.4, 0.5) is 34.1 Å². The van der Waals surface area contributed by atoms with Crippen molar-refractivity contribution in [3.05, 3.63) is 205 Å². The van der Waals surface area contributed by atoms with Crippen LogP contribution in [0.3, 0.4) is 0 Å². The van der Waals surface area contributed by atoms with Crippen LogP contribution in [-0.2, 0) is 0 Å². The zero-order chi connectivity index (χ0) is 39.3. The van der Waals surface area contributed by atoms with E-state index >= 15 is 0 Å². The van der Waals surface area contributed by atoms with Gasteiger partial charge in [0.1, 0.15) is 0 Å². The van der Waals surface area contributed by atoms with Gasteiger partial charge in [0.15, 0.2) is 0 Å². The number of aromatic nitrogens is 2. The SMILES string of the molecule is Cc1ccc(N(c2ccc(C)cc2)c2cc(-c3ccccn3)c3ccc4c(N(c5ccc(C)cc5)c5ccc(C)cc5)cc(-c5ccccn5)c5ccc2c3c54)cc1. The van der Waals surface area contributed by atoms with Gasteiger partial charge >= 0.3 is 0 Å². The maximum absolute atomic E-state index is 4.97. The molecule has 0 aliphatic heterocycles. The Balaban J connectivity index is 1.37. The van der Waals surface area contributed by atoms with Gasteiger partial charge in [0.25, 0.3) is 0 Å². The molecule has 0 amide bonds. The largest absolute Gasteiger partial charge is 0.310 e. The highest BCUT2D eigenvalue weighted by Crippen LogP contribution is 2.51. The Hall–Kier alpha value is -7.30. The Labute approximate surface area is 339 Å². The fourth-order valence-electron chi connectivity index (χ4n) is 8.42. The van der Waals surface area contributed by atoms with Crippen LogP contribution < -0.4 is 9.80 Å². The standard InChI is InChI=1S/C54H42N4/c1-35-11-19-39(20-12-35)57(40-21-13-36(2)14-22-40)51-33-47(49-9-5-7-31-55-49)43-28-30-46-52(58(41-23-15-37(3)16-24-41)42-25-17-38(4)18-26-42)34-48(50-10-6-8-32-56-50)44-27-29-45(51)53(43)54(44)46/h5-34H,1-4H3. The van der Waals surface area contributed by atoms with Gasteiger partial charge in [-0.05, 0) is 123 Å².